The van der Waals surface area contributed by atoms with Crippen LogP contribution in [0.2, 0.25) is 0 Å². The minimum absolute atomic E-state index is 0.0492. The van der Waals surface area contributed by atoms with Crippen molar-refractivity contribution in [1.82, 2.24) is 10.3 Å². The van der Waals surface area contributed by atoms with E-state index in [9.17, 15) is 4.79 Å². The molecule has 0 bridgehead atoms. The van der Waals surface area contributed by atoms with Crippen molar-refractivity contribution in [2.75, 3.05) is 6.61 Å². The van der Waals surface area contributed by atoms with E-state index in [1.54, 1.807) is 23.5 Å². The van der Waals surface area contributed by atoms with Gasteiger partial charge in [0.15, 0.2) is 0 Å². The number of nitrogens with zero attached hydrogens (tertiary/aromatic N) is 1. The van der Waals surface area contributed by atoms with Gasteiger partial charge in [-0.15, -0.1) is 11.3 Å². The van der Waals surface area contributed by atoms with Crippen LogP contribution >= 0.6 is 11.3 Å². The van der Waals surface area contributed by atoms with Gasteiger partial charge in [-0.05, 0) is 38.1 Å². The molecule has 1 unspecified atom stereocenters. The van der Waals surface area contributed by atoms with Crippen LogP contribution in [0.3, 0.4) is 0 Å². The van der Waals surface area contributed by atoms with Crippen molar-refractivity contribution in [3.05, 3.63) is 51.5 Å². The van der Waals surface area contributed by atoms with Gasteiger partial charge in [-0.2, -0.15) is 0 Å². The lowest BCUT2D eigenvalue weighted by molar-refractivity contribution is 0.0935. The van der Waals surface area contributed by atoms with Crippen molar-refractivity contribution >= 4 is 17.2 Å². The quantitative estimate of drug-likeness (QED) is 0.855. The summed E-state index contributed by atoms with van der Waals surface area (Å²) in [5.41, 5.74) is 1.02. The minimum atomic E-state index is -0.213. The second-order valence-corrected chi connectivity index (χ2v) is 5.86. The molecular formula is C16H16N2O2S. The van der Waals surface area contributed by atoms with Gasteiger partial charge in [-0.25, -0.2) is 4.98 Å². The molecule has 0 aromatic carbocycles. The Morgan fingerprint density at radius 2 is 2.24 bits per heavy atom. The van der Waals surface area contributed by atoms with Crippen LogP contribution in [0.5, 0.6) is 0 Å². The highest BCUT2D eigenvalue weighted by Crippen LogP contribution is 2.22. The molecule has 2 heterocycles. The molecule has 0 saturated carbocycles. The molecule has 2 N–H and O–H groups in total. The van der Waals surface area contributed by atoms with Crippen LogP contribution in [-0.4, -0.2) is 22.6 Å². The molecule has 0 radical (unpaired) electrons. The molecule has 2 aromatic rings. The van der Waals surface area contributed by atoms with Crippen molar-refractivity contribution < 1.29 is 9.90 Å². The predicted octanol–water partition coefficient (Wildman–Crippen LogP) is 2.29. The predicted molar refractivity (Wildman–Crippen MR) is 83.1 cm³/mol. The molecule has 5 heteroatoms. The Balaban J connectivity index is 2.03. The van der Waals surface area contributed by atoms with E-state index in [-0.39, 0.29) is 18.6 Å². The topological polar surface area (TPSA) is 62.2 Å². The standard InChI is InChI=1S/C16H16N2O2S/c1-11-5-8-15(21-11)12(2)18-16(20)14-7-6-13(10-17-14)4-3-9-19/h5-8,10,12,19H,9H2,1-2H3,(H,18,20). The van der Waals surface area contributed by atoms with Crippen LogP contribution in [0.15, 0.2) is 30.5 Å². The fraction of sp³-hybridized carbons (Fsp3) is 0.250. The lowest BCUT2D eigenvalue weighted by Gasteiger charge is -2.11. The van der Waals surface area contributed by atoms with Gasteiger partial charge in [0, 0.05) is 21.5 Å². The molecule has 1 atom stereocenters. The highest BCUT2D eigenvalue weighted by molar-refractivity contribution is 7.12. The van der Waals surface area contributed by atoms with Crippen molar-refractivity contribution in [3.63, 3.8) is 0 Å². The number of hydrogen-bond donors (Lipinski definition) is 2. The first-order valence-corrected chi connectivity index (χ1v) is 7.35. The number of thiophene rings is 1. The molecular weight excluding hydrogens is 284 g/mol. The third-order valence-corrected chi connectivity index (χ3v) is 4.03. The number of aliphatic hydroxyl groups is 1. The van der Waals surface area contributed by atoms with Crippen LogP contribution in [0, 0.1) is 18.8 Å². The maximum atomic E-state index is 12.1. The number of aliphatic hydroxyl groups excluding tert-OH is 1. The van der Waals surface area contributed by atoms with Crippen LogP contribution < -0.4 is 5.32 Å². The fourth-order valence-corrected chi connectivity index (χ4v) is 2.65. The first-order chi connectivity index (χ1) is 10.1. The molecule has 0 aliphatic rings. The Bertz CT molecular complexity index is 680. The van der Waals surface area contributed by atoms with Crippen molar-refractivity contribution in [2.24, 2.45) is 0 Å². The summed E-state index contributed by atoms with van der Waals surface area (Å²) in [7, 11) is 0. The van der Waals surface area contributed by atoms with Gasteiger partial charge in [0.25, 0.3) is 5.91 Å². The number of hydrogen-bond acceptors (Lipinski definition) is 4. The Kier molecular flexibility index (Phi) is 5.09. The summed E-state index contributed by atoms with van der Waals surface area (Å²) in [6.07, 6.45) is 1.53. The highest BCUT2D eigenvalue weighted by Gasteiger charge is 2.13. The van der Waals surface area contributed by atoms with Crippen molar-refractivity contribution in [2.45, 2.75) is 19.9 Å². The van der Waals surface area contributed by atoms with Gasteiger partial charge in [-0.3, -0.25) is 4.79 Å². The second-order valence-electron chi connectivity index (χ2n) is 4.54. The molecule has 1 amide bonds. The molecule has 21 heavy (non-hydrogen) atoms. The maximum Gasteiger partial charge on any atom is 0.270 e. The number of carbonyl (C=O) groups excluding carboxylic acids is 1. The van der Waals surface area contributed by atoms with Crippen molar-refractivity contribution in [3.8, 4) is 11.8 Å². The molecule has 2 rings (SSSR count). The molecule has 0 aliphatic heterocycles. The lowest BCUT2D eigenvalue weighted by Crippen LogP contribution is -2.26. The van der Waals surface area contributed by atoms with Gasteiger partial charge < -0.3 is 10.4 Å². The minimum Gasteiger partial charge on any atom is -0.384 e. The SMILES string of the molecule is Cc1ccc(C(C)NC(=O)c2ccc(C#CCO)cn2)s1. The van der Waals surface area contributed by atoms with E-state index in [0.29, 0.717) is 11.3 Å². The largest absolute Gasteiger partial charge is 0.384 e. The van der Waals surface area contributed by atoms with E-state index in [4.69, 9.17) is 5.11 Å². The number of pyridine rings is 1. The summed E-state index contributed by atoms with van der Waals surface area (Å²) in [6.45, 7) is 3.79. The number of aryl methyl sites for hydroxylation is 1. The summed E-state index contributed by atoms with van der Waals surface area (Å²) >= 11 is 1.67. The van der Waals surface area contributed by atoms with E-state index in [1.807, 2.05) is 26.0 Å². The third-order valence-electron chi connectivity index (χ3n) is 2.84. The zero-order valence-corrected chi connectivity index (χ0v) is 12.7. The first kappa shape index (κ1) is 15.2. The van der Waals surface area contributed by atoms with Crippen LogP contribution in [-0.2, 0) is 0 Å². The van der Waals surface area contributed by atoms with Gasteiger partial charge in [0.2, 0.25) is 0 Å². The first-order valence-electron chi connectivity index (χ1n) is 6.53. The normalized spacial score (nSPS) is 11.4. The molecule has 0 aliphatic carbocycles. The Morgan fingerprint density at radius 3 is 2.81 bits per heavy atom. The number of aromatic nitrogens is 1. The van der Waals surface area contributed by atoms with Gasteiger partial charge in [-0.1, -0.05) is 11.8 Å². The molecule has 108 valence electrons. The Morgan fingerprint density at radius 1 is 1.43 bits per heavy atom. The van der Waals surface area contributed by atoms with Gasteiger partial charge in [0.05, 0.1) is 6.04 Å². The number of nitrogens with one attached hydrogen (secondary N) is 1. The number of carbonyl (C=O) groups is 1. The summed E-state index contributed by atoms with van der Waals surface area (Å²) in [4.78, 5) is 18.5. The van der Waals surface area contributed by atoms with Crippen LogP contribution in [0.4, 0.5) is 0 Å². The lowest BCUT2D eigenvalue weighted by atomic mass is 10.2. The highest BCUT2D eigenvalue weighted by atomic mass is 32.1. The molecule has 0 saturated heterocycles. The summed E-state index contributed by atoms with van der Waals surface area (Å²) < 4.78 is 0. The van der Waals surface area contributed by atoms with Gasteiger partial charge >= 0.3 is 0 Å². The zero-order chi connectivity index (χ0) is 15.2. The van der Waals surface area contributed by atoms with Crippen LogP contribution in [0.1, 0.15) is 38.8 Å². The average molecular weight is 300 g/mol. The van der Waals surface area contributed by atoms with Gasteiger partial charge in [0.1, 0.15) is 12.3 Å². The summed E-state index contributed by atoms with van der Waals surface area (Å²) in [5.74, 6) is 5.06. The van der Waals surface area contributed by atoms with Crippen LogP contribution in [0.25, 0.3) is 0 Å². The Labute approximate surface area is 127 Å². The van der Waals surface area contributed by atoms with E-state index in [2.05, 4.69) is 22.1 Å². The Hall–Kier alpha value is -2.16. The monoisotopic (exact) mass is 300 g/mol. The second kappa shape index (κ2) is 7.02. The third kappa shape index (κ3) is 4.15. The van der Waals surface area contributed by atoms with E-state index in [1.165, 1.54) is 11.1 Å². The number of rotatable bonds is 3. The fourth-order valence-electron chi connectivity index (χ4n) is 1.77. The zero-order valence-electron chi connectivity index (χ0n) is 11.9. The summed E-state index contributed by atoms with van der Waals surface area (Å²) in [5, 5.41) is 11.5. The molecule has 2 aromatic heterocycles. The maximum absolute atomic E-state index is 12.1. The average Bonchev–Trinajstić information content (AvgIpc) is 2.92. The molecule has 4 nitrogen and oxygen atoms in total. The van der Waals surface area contributed by atoms with E-state index >= 15 is 0 Å². The number of amides is 1. The van der Waals surface area contributed by atoms with Crippen molar-refractivity contribution in [1.29, 1.82) is 0 Å². The van der Waals surface area contributed by atoms with E-state index in [0.717, 1.165) is 4.88 Å². The molecule has 0 spiro atoms. The molecule has 0 fully saturated rings. The smallest absolute Gasteiger partial charge is 0.270 e. The summed E-state index contributed by atoms with van der Waals surface area (Å²) in [6, 6.07) is 7.35. The van der Waals surface area contributed by atoms with E-state index < -0.39 is 0 Å².